The Morgan fingerprint density at radius 1 is 0.259 bits per heavy atom. The van der Waals surface area contributed by atoms with Gasteiger partial charge in [-0.15, -0.1) is 0 Å². The first-order valence-electron chi connectivity index (χ1n) is 33.0. The Morgan fingerprint density at radius 3 is 0.802 bits per heavy atom. The third kappa shape index (κ3) is 65.7. The maximum atomic E-state index is 12.9. The van der Waals surface area contributed by atoms with Crippen LogP contribution in [0.25, 0.3) is 0 Å². The zero-order chi connectivity index (χ0) is 58.5. The molecule has 0 amide bonds. The van der Waals surface area contributed by atoms with Gasteiger partial charge in [0.05, 0.1) is 0 Å². The highest BCUT2D eigenvalue weighted by Crippen LogP contribution is 2.15. The Hall–Kier alpha value is -4.97. The van der Waals surface area contributed by atoms with Gasteiger partial charge in [-0.2, -0.15) is 0 Å². The van der Waals surface area contributed by atoms with E-state index in [1.54, 1.807) is 0 Å². The highest BCUT2D eigenvalue weighted by atomic mass is 16.6. The Bertz CT molecular complexity index is 1810. The molecule has 0 spiro atoms. The third-order valence-electron chi connectivity index (χ3n) is 13.5. The summed E-state index contributed by atoms with van der Waals surface area (Å²) in [4.78, 5) is 38.4. The van der Waals surface area contributed by atoms with E-state index in [1.807, 2.05) is 0 Å². The quantitative estimate of drug-likeness (QED) is 0.0261. The van der Waals surface area contributed by atoms with Gasteiger partial charge < -0.3 is 14.2 Å². The van der Waals surface area contributed by atoms with Gasteiger partial charge in [-0.05, 0) is 141 Å². The molecule has 456 valence electrons. The van der Waals surface area contributed by atoms with E-state index in [0.29, 0.717) is 19.3 Å². The van der Waals surface area contributed by atoms with Crippen molar-refractivity contribution < 1.29 is 28.6 Å². The summed E-state index contributed by atoms with van der Waals surface area (Å²) in [6.45, 7) is 6.34. The lowest BCUT2D eigenvalue weighted by Gasteiger charge is -2.18. The molecule has 0 rings (SSSR count). The van der Waals surface area contributed by atoms with Gasteiger partial charge >= 0.3 is 17.9 Å². The highest BCUT2D eigenvalue weighted by Gasteiger charge is 2.19. The maximum absolute atomic E-state index is 12.9. The molecular formula is C75H120O6. The largest absolute Gasteiger partial charge is 0.462 e. The number of rotatable bonds is 58. The van der Waals surface area contributed by atoms with Crippen molar-refractivity contribution in [3.8, 4) is 0 Å². The van der Waals surface area contributed by atoms with E-state index < -0.39 is 6.10 Å². The smallest absolute Gasteiger partial charge is 0.306 e. The standard InChI is InChI=1S/C75H120O6/c1-4-7-10-13-16-19-22-25-28-31-33-35-37-39-41-44-47-50-53-56-59-62-65-68-74(77)80-71-72(70-79-73(76)67-64-61-58-55-52-49-46-43-30-27-24-21-18-15-12-9-6-3)81-75(78)69-66-63-60-57-54-51-48-45-42-40-38-36-34-32-29-26-23-20-17-14-11-8-5-2/h7,9-10,12,16,18-19,21,23,25-28,30,32-35,39,41,46-47,49-50,56,59,72H,4-6,8,11,13-15,17,20,22,24,29,31,36-38,40,42-45,48,51-55,57-58,60-71H2,1-3H3/b10-7-,12-9-,19-16-,21-18-,26-23-,28-25-,30-27-,34-32-,35-33-,41-39-,49-46-,50-47-,59-56-. The summed E-state index contributed by atoms with van der Waals surface area (Å²) >= 11 is 0. The monoisotopic (exact) mass is 1120 g/mol. The Balaban J connectivity index is 4.53. The van der Waals surface area contributed by atoms with Crippen molar-refractivity contribution >= 4 is 17.9 Å². The van der Waals surface area contributed by atoms with Crippen molar-refractivity contribution in [2.24, 2.45) is 0 Å². The molecule has 6 nitrogen and oxygen atoms in total. The summed E-state index contributed by atoms with van der Waals surface area (Å²) in [6.07, 6.45) is 98.2. The predicted octanol–water partition coefficient (Wildman–Crippen LogP) is 22.9. The lowest BCUT2D eigenvalue weighted by molar-refractivity contribution is -0.167. The van der Waals surface area contributed by atoms with Gasteiger partial charge in [0.2, 0.25) is 0 Å². The second-order valence-corrected chi connectivity index (χ2v) is 21.3. The van der Waals surface area contributed by atoms with Gasteiger partial charge in [-0.1, -0.05) is 275 Å². The molecule has 0 saturated carbocycles. The second kappa shape index (κ2) is 67.5. The van der Waals surface area contributed by atoms with Crippen LogP contribution in [0.4, 0.5) is 0 Å². The molecule has 0 bridgehead atoms. The van der Waals surface area contributed by atoms with Crippen LogP contribution in [0.2, 0.25) is 0 Å². The van der Waals surface area contributed by atoms with Crippen LogP contribution in [0, 0.1) is 0 Å². The van der Waals surface area contributed by atoms with E-state index in [2.05, 4.69) is 179 Å². The summed E-state index contributed by atoms with van der Waals surface area (Å²) in [5, 5.41) is 0. The van der Waals surface area contributed by atoms with Crippen molar-refractivity contribution in [2.75, 3.05) is 13.2 Å². The van der Waals surface area contributed by atoms with E-state index >= 15 is 0 Å². The summed E-state index contributed by atoms with van der Waals surface area (Å²) in [5.41, 5.74) is 0. The molecule has 0 aliphatic carbocycles. The van der Waals surface area contributed by atoms with Crippen molar-refractivity contribution in [3.63, 3.8) is 0 Å². The van der Waals surface area contributed by atoms with Crippen molar-refractivity contribution in [1.82, 2.24) is 0 Å². The molecule has 1 unspecified atom stereocenters. The third-order valence-corrected chi connectivity index (χ3v) is 13.5. The number of ether oxygens (including phenoxy) is 3. The minimum atomic E-state index is -0.823. The number of esters is 3. The molecule has 1 atom stereocenters. The molecule has 0 N–H and O–H groups in total. The number of unbranched alkanes of at least 4 members (excludes halogenated alkanes) is 21. The fourth-order valence-corrected chi connectivity index (χ4v) is 8.63. The number of hydrogen-bond acceptors (Lipinski definition) is 6. The first-order valence-corrected chi connectivity index (χ1v) is 33.0. The average molecular weight is 1120 g/mol. The molecule has 0 heterocycles. The Kier molecular flexibility index (Phi) is 63.4. The van der Waals surface area contributed by atoms with Gasteiger partial charge in [0.25, 0.3) is 0 Å². The molecule has 6 heteroatoms. The summed E-state index contributed by atoms with van der Waals surface area (Å²) < 4.78 is 16.9. The molecule has 0 aromatic heterocycles. The van der Waals surface area contributed by atoms with E-state index in [9.17, 15) is 14.4 Å². The summed E-state index contributed by atoms with van der Waals surface area (Å²) in [5.74, 6) is -1.00. The van der Waals surface area contributed by atoms with Crippen molar-refractivity contribution in [3.05, 3.63) is 158 Å². The molecular weight excluding hydrogens is 997 g/mol. The first kappa shape index (κ1) is 76.0. The Labute approximate surface area is 499 Å². The Morgan fingerprint density at radius 2 is 0.494 bits per heavy atom. The molecule has 0 aliphatic heterocycles. The van der Waals surface area contributed by atoms with Gasteiger partial charge in [0.15, 0.2) is 6.10 Å². The zero-order valence-electron chi connectivity index (χ0n) is 52.2. The maximum Gasteiger partial charge on any atom is 0.306 e. The van der Waals surface area contributed by atoms with Crippen LogP contribution in [0.15, 0.2) is 158 Å². The minimum absolute atomic E-state index is 0.116. The molecule has 81 heavy (non-hydrogen) atoms. The molecule has 0 fully saturated rings. The van der Waals surface area contributed by atoms with Crippen molar-refractivity contribution in [2.45, 2.75) is 284 Å². The first-order chi connectivity index (χ1) is 40.0. The minimum Gasteiger partial charge on any atom is -0.462 e. The average Bonchev–Trinajstić information content (AvgIpc) is 3.47. The van der Waals surface area contributed by atoms with Crippen LogP contribution in [0.3, 0.4) is 0 Å². The van der Waals surface area contributed by atoms with Crippen LogP contribution in [-0.4, -0.2) is 37.2 Å². The van der Waals surface area contributed by atoms with Gasteiger partial charge in [0.1, 0.15) is 13.2 Å². The number of allylic oxidation sites excluding steroid dienone is 26. The van der Waals surface area contributed by atoms with Crippen LogP contribution in [0.5, 0.6) is 0 Å². The molecule has 0 aliphatic rings. The summed E-state index contributed by atoms with van der Waals surface area (Å²) in [7, 11) is 0. The second-order valence-electron chi connectivity index (χ2n) is 21.3. The summed E-state index contributed by atoms with van der Waals surface area (Å²) in [6, 6.07) is 0. The van der Waals surface area contributed by atoms with Gasteiger partial charge in [0, 0.05) is 19.3 Å². The topological polar surface area (TPSA) is 78.9 Å². The molecule has 0 aromatic rings. The predicted molar refractivity (Wildman–Crippen MR) is 352 cm³/mol. The van der Waals surface area contributed by atoms with E-state index in [1.165, 1.54) is 96.3 Å². The molecule has 0 aromatic carbocycles. The fourth-order valence-electron chi connectivity index (χ4n) is 8.63. The lowest BCUT2D eigenvalue weighted by atomic mass is 10.0. The lowest BCUT2D eigenvalue weighted by Crippen LogP contribution is -2.30. The number of carbonyl (C=O) groups is 3. The SMILES string of the molecule is CC/C=C\C/C=C\C/C=C\C/C=C\C/C=C\C/C=C\C/C=C\CCCC(=O)OCC(COC(=O)CCCCCC/C=C\C/C=C\C/C=C\C/C=C\CC)OC(=O)CCCCCCCCCCCCC/C=C\C/C=C\CCCCCCC. The van der Waals surface area contributed by atoms with Crippen molar-refractivity contribution in [1.29, 1.82) is 0 Å². The van der Waals surface area contributed by atoms with Crippen LogP contribution >= 0.6 is 0 Å². The number of hydrogen-bond donors (Lipinski definition) is 0. The van der Waals surface area contributed by atoms with E-state index in [0.717, 1.165) is 135 Å². The van der Waals surface area contributed by atoms with Gasteiger partial charge in [-0.25, -0.2) is 0 Å². The van der Waals surface area contributed by atoms with E-state index in [-0.39, 0.29) is 37.5 Å². The van der Waals surface area contributed by atoms with Crippen LogP contribution < -0.4 is 0 Å². The zero-order valence-corrected chi connectivity index (χ0v) is 52.2. The van der Waals surface area contributed by atoms with Crippen LogP contribution in [-0.2, 0) is 28.6 Å². The molecule has 0 radical (unpaired) electrons. The molecule has 0 saturated heterocycles. The van der Waals surface area contributed by atoms with Gasteiger partial charge in [-0.3, -0.25) is 14.4 Å². The normalized spacial score (nSPS) is 13.2. The highest BCUT2D eigenvalue weighted by molar-refractivity contribution is 5.71. The van der Waals surface area contributed by atoms with Crippen LogP contribution in [0.1, 0.15) is 278 Å². The number of carbonyl (C=O) groups excluding carboxylic acids is 3. The fraction of sp³-hybridized carbons (Fsp3) is 0.613. The van der Waals surface area contributed by atoms with E-state index in [4.69, 9.17) is 14.2 Å².